The van der Waals surface area contributed by atoms with Crippen molar-refractivity contribution in [3.8, 4) is 0 Å². The van der Waals surface area contributed by atoms with Gasteiger partial charge in [0.15, 0.2) is 0 Å². The highest BCUT2D eigenvalue weighted by molar-refractivity contribution is 9.10. The molecule has 1 heterocycles. The molecule has 116 valence electrons. The second kappa shape index (κ2) is 6.26. The highest BCUT2D eigenvalue weighted by Crippen LogP contribution is 2.24. The van der Waals surface area contributed by atoms with E-state index >= 15 is 0 Å². The molecule has 1 aromatic carbocycles. The van der Waals surface area contributed by atoms with Crippen LogP contribution in [0.1, 0.15) is 27.7 Å². The topological polar surface area (TPSA) is 32.8 Å². The molecule has 0 aliphatic carbocycles. The molecule has 21 heavy (non-hydrogen) atoms. The fourth-order valence-electron chi connectivity index (χ4n) is 2.49. The van der Waals surface area contributed by atoms with Crippen LogP contribution in [0.2, 0.25) is 0 Å². The maximum Gasteiger partial charge on any atom is 0.410 e. The van der Waals surface area contributed by atoms with Gasteiger partial charge in [0.2, 0.25) is 0 Å². The summed E-state index contributed by atoms with van der Waals surface area (Å²) in [5, 5.41) is 0. The molecule has 1 amide bonds. The van der Waals surface area contributed by atoms with Crippen LogP contribution in [0.5, 0.6) is 0 Å². The van der Waals surface area contributed by atoms with Gasteiger partial charge in [0, 0.05) is 35.8 Å². The molecule has 0 N–H and O–H groups in total. The lowest BCUT2D eigenvalue weighted by atomic mass is 10.1. The summed E-state index contributed by atoms with van der Waals surface area (Å²) in [6.07, 6.45) is -0.219. The lowest BCUT2D eigenvalue weighted by Gasteiger charge is -2.41. The van der Waals surface area contributed by atoms with E-state index in [1.807, 2.05) is 32.9 Å². The molecule has 5 heteroatoms. The van der Waals surface area contributed by atoms with Gasteiger partial charge < -0.3 is 14.5 Å². The Morgan fingerprint density at radius 3 is 2.62 bits per heavy atom. The van der Waals surface area contributed by atoms with Gasteiger partial charge in [-0.1, -0.05) is 22.0 Å². The van der Waals surface area contributed by atoms with Gasteiger partial charge in [0.25, 0.3) is 0 Å². The Hall–Kier alpha value is -1.23. The predicted octanol–water partition coefficient (Wildman–Crippen LogP) is 3.89. The van der Waals surface area contributed by atoms with Gasteiger partial charge in [-0.2, -0.15) is 0 Å². The molecule has 1 aromatic rings. The third-order valence-corrected chi connectivity index (χ3v) is 3.91. The summed E-state index contributed by atoms with van der Waals surface area (Å²) in [4.78, 5) is 16.3. The minimum absolute atomic E-state index is 0.219. The third-order valence-electron chi connectivity index (χ3n) is 3.42. The van der Waals surface area contributed by atoms with Crippen LogP contribution >= 0.6 is 15.9 Å². The molecular weight excluding hydrogens is 332 g/mol. The third kappa shape index (κ3) is 4.37. The van der Waals surface area contributed by atoms with Crippen molar-refractivity contribution in [2.75, 3.05) is 24.5 Å². The Kier molecular flexibility index (Phi) is 4.81. The van der Waals surface area contributed by atoms with Gasteiger partial charge in [-0.05, 0) is 45.9 Å². The van der Waals surface area contributed by atoms with Crippen molar-refractivity contribution in [2.24, 2.45) is 0 Å². The van der Waals surface area contributed by atoms with E-state index in [1.54, 1.807) is 4.90 Å². The molecule has 1 aliphatic rings. The number of hydrogen-bond acceptors (Lipinski definition) is 3. The van der Waals surface area contributed by atoms with Gasteiger partial charge in [0.05, 0.1) is 0 Å². The van der Waals surface area contributed by atoms with Crippen molar-refractivity contribution >= 4 is 27.7 Å². The normalized spacial score (nSPS) is 19.6. The van der Waals surface area contributed by atoms with E-state index in [0.717, 1.165) is 11.0 Å². The van der Waals surface area contributed by atoms with Gasteiger partial charge in [-0.15, -0.1) is 0 Å². The summed E-state index contributed by atoms with van der Waals surface area (Å²) in [6.45, 7) is 10.0. The monoisotopic (exact) mass is 354 g/mol. The summed E-state index contributed by atoms with van der Waals surface area (Å²) in [6, 6.07) is 8.53. The molecule has 0 unspecified atom stereocenters. The van der Waals surface area contributed by atoms with Crippen LogP contribution in [-0.2, 0) is 4.74 Å². The Balaban J connectivity index is 2.01. The van der Waals surface area contributed by atoms with Crippen LogP contribution in [0.25, 0.3) is 0 Å². The van der Waals surface area contributed by atoms with E-state index in [2.05, 4.69) is 39.9 Å². The van der Waals surface area contributed by atoms with Crippen LogP contribution < -0.4 is 4.90 Å². The maximum absolute atomic E-state index is 12.1. The summed E-state index contributed by atoms with van der Waals surface area (Å²) < 4.78 is 6.52. The molecule has 0 bridgehead atoms. The molecule has 0 saturated carbocycles. The van der Waals surface area contributed by atoms with E-state index in [-0.39, 0.29) is 12.1 Å². The van der Waals surface area contributed by atoms with Crippen LogP contribution in [0.3, 0.4) is 0 Å². The molecule has 1 aliphatic heterocycles. The molecule has 2 rings (SSSR count). The van der Waals surface area contributed by atoms with Crippen molar-refractivity contribution in [1.82, 2.24) is 4.90 Å². The first-order chi connectivity index (χ1) is 9.76. The number of anilines is 1. The number of rotatable bonds is 1. The number of amides is 1. The van der Waals surface area contributed by atoms with Crippen LogP contribution in [0.15, 0.2) is 28.7 Å². The fourth-order valence-corrected chi connectivity index (χ4v) is 2.88. The second-order valence-corrected chi connectivity index (χ2v) is 7.36. The van der Waals surface area contributed by atoms with E-state index in [4.69, 9.17) is 4.74 Å². The lowest BCUT2D eigenvalue weighted by Crippen LogP contribution is -2.54. The molecular formula is C16H23BrN2O2. The molecule has 1 fully saturated rings. The molecule has 1 atom stereocenters. The quantitative estimate of drug-likeness (QED) is 0.766. The number of ether oxygens (including phenoxy) is 1. The molecule has 4 nitrogen and oxygen atoms in total. The molecule has 1 saturated heterocycles. The fraction of sp³-hybridized carbons (Fsp3) is 0.562. The molecule has 0 aromatic heterocycles. The minimum atomic E-state index is -0.443. The maximum atomic E-state index is 12.1. The van der Waals surface area contributed by atoms with Gasteiger partial charge >= 0.3 is 6.09 Å². The number of benzene rings is 1. The highest BCUT2D eigenvalue weighted by atomic mass is 79.9. The zero-order chi connectivity index (χ0) is 15.6. The van der Waals surface area contributed by atoms with E-state index in [1.165, 1.54) is 5.69 Å². The van der Waals surface area contributed by atoms with Crippen LogP contribution in [-0.4, -0.2) is 42.3 Å². The summed E-state index contributed by atoms with van der Waals surface area (Å²) in [5.74, 6) is 0. The summed E-state index contributed by atoms with van der Waals surface area (Å²) in [5.41, 5.74) is 0.739. The lowest BCUT2D eigenvalue weighted by molar-refractivity contribution is 0.0219. The zero-order valence-electron chi connectivity index (χ0n) is 13.1. The first-order valence-electron chi connectivity index (χ1n) is 7.26. The summed E-state index contributed by atoms with van der Waals surface area (Å²) in [7, 11) is 0. The highest BCUT2D eigenvalue weighted by Gasteiger charge is 2.29. The van der Waals surface area contributed by atoms with Crippen molar-refractivity contribution in [3.05, 3.63) is 28.7 Å². The zero-order valence-corrected chi connectivity index (χ0v) is 14.7. The van der Waals surface area contributed by atoms with Gasteiger partial charge in [0.1, 0.15) is 5.60 Å². The number of hydrogen-bond donors (Lipinski definition) is 0. The minimum Gasteiger partial charge on any atom is -0.444 e. The number of nitrogens with zero attached hydrogens (tertiary/aromatic N) is 2. The van der Waals surface area contributed by atoms with E-state index < -0.39 is 5.60 Å². The average molecular weight is 355 g/mol. The van der Waals surface area contributed by atoms with Crippen molar-refractivity contribution in [1.29, 1.82) is 0 Å². The number of carbonyl (C=O) groups excluding carboxylic acids is 1. The summed E-state index contributed by atoms with van der Waals surface area (Å²) >= 11 is 3.51. The average Bonchev–Trinajstić information content (AvgIpc) is 2.36. The Bertz CT molecular complexity index is 513. The molecule has 0 radical (unpaired) electrons. The number of carbonyl (C=O) groups is 1. The van der Waals surface area contributed by atoms with E-state index in [0.29, 0.717) is 13.1 Å². The van der Waals surface area contributed by atoms with Crippen molar-refractivity contribution in [3.63, 3.8) is 0 Å². The van der Waals surface area contributed by atoms with Gasteiger partial charge in [-0.3, -0.25) is 0 Å². The van der Waals surface area contributed by atoms with Crippen molar-refractivity contribution in [2.45, 2.75) is 39.3 Å². The standard InChI is InChI=1S/C16H23BrN2O2/c1-12-11-18(15(20)21-16(2,3)4)8-9-19(12)14-7-5-6-13(17)10-14/h5-7,10,12H,8-9,11H2,1-4H3/t12-/m0/s1. The first-order valence-corrected chi connectivity index (χ1v) is 8.06. The Labute approximate surface area is 135 Å². The van der Waals surface area contributed by atoms with Crippen molar-refractivity contribution < 1.29 is 9.53 Å². The second-order valence-electron chi connectivity index (χ2n) is 6.45. The molecule has 0 spiro atoms. The predicted molar refractivity (Wildman–Crippen MR) is 88.8 cm³/mol. The number of halogens is 1. The van der Waals surface area contributed by atoms with Crippen LogP contribution in [0, 0.1) is 0 Å². The number of piperazine rings is 1. The van der Waals surface area contributed by atoms with Gasteiger partial charge in [-0.25, -0.2) is 4.79 Å². The SMILES string of the molecule is C[C@H]1CN(C(=O)OC(C)(C)C)CCN1c1cccc(Br)c1. The largest absolute Gasteiger partial charge is 0.444 e. The Morgan fingerprint density at radius 1 is 1.33 bits per heavy atom. The Morgan fingerprint density at radius 2 is 2.05 bits per heavy atom. The van der Waals surface area contributed by atoms with E-state index in [9.17, 15) is 4.79 Å². The first kappa shape index (κ1) is 16.1. The van der Waals surface area contributed by atoms with Crippen LogP contribution in [0.4, 0.5) is 10.5 Å². The smallest absolute Gasteiger partial charge is 0.410 e.